The van der Waals surface area contributed by atoms with Crippen LogP contribution in [0.2, 0.25) is 10.0 Å². The van der Waals surface area contributed by atoms with Gasteiger partial charge >= 0.3 is 5.97 Å². The van der Waals surface area contributed by atoms with Gasteiger partial charge in [0, 0.05) is 0 Å². The Balaban J connectivity index is 2.08. The van der Waals surface area contributed by atoms with E-state index >= 15 is 0 Å². The molecule has 0 saturated carbocycles. The van der Waals surface area contributed by atoms with E-state index in [0.717, 1.165) is 0 Å². The second kappa shape index (κ2) is 8.04. The van der Waals surface area contributed by atoms with Crippen LogP contribution in [0.25, 0.3) is 0 Å². The summed E-state index contributed by atoms with van der Waals surface area (Å²) >= 11 is 12.0. The van der Waals surface area contributed by atoms with Crippen LogP contribution in [0.15, 0.2) is 42.5 Å². The van der Waals surface area contributed by atoms with Crippen molar-refractivity contribution in [2.75, 3.05) is 12.4 Å². The van der Waals surface area contributed by atoms with Gasteiger partial charge in [-0.25, -0.2) is 4.79 Å². The topological polar surface area (TPSA) is 64.6 Å². The maximum absolute atomic E-state index is 12.3. The highest BCUT2D eigenvalue weighted by Crippen LogP contribution is 2.30. The average molecular weight is 368 g/mol. The SMILES string of the molecule is COC(=O)c1cccc(O[C@@H](C)C(=O)Nc2c(Cl)cccc2Cl)c1. The Bertz CT molecular complexity index is 744. The van der Waals surface area contributed by atoms with Gasteiger partial charge in [-0.15, -0.1) is 0 Å². The van der Waals surface area contributed by atoms with Gasteiger partial charge in [0.25, 0.3) is 5.91 Å². The summed E-state index contributed by atoms with van der Waals surface area (Å²) < 4.78 is 10.2. The molecule has 0 radical (unpaired) electrons. The number of esters is 1. The number of hydrogen-bond acceptors (Lipinski definition) is 4. The summed E-state index contributed by atoms with van der Waals surface area (Å²) in [5.74, 6) is -0.542. The number of halogens is 2. The first-order valence-electron chi connectivity index (χ1n) is 7.02. The number of benzene rings is 2. The normalized spacial score (nSPS) is 11.5. The van der Waals surface area contributed by atoms with Crippen LogP contribution in [-0.4, -0.2) is 25.1 Å². The van der Waals surface area contributed by atoms with E-state index in [1.165, 1.54) is 13.2 Å². The zero-order chi connectivity index (χ0) is 17.7. The number of anilines is 1. The summed E-state index contributed by atoms with van der Waals surface area (Å²) in [6.07, 6.45) is -0.828. The number of carbonyl (C=O) groups is 2. The third-order valence-electron chi connectivity index (χ3n) is 3.15. The lowest BCUT2D eigenvalue weighted by Gasteiger charge is -2.16. The van der Waals surface area contributed by atoms with Crippen LogP contribution in [0, 0.1) is 0 Å². The molecule has 1 atom stereocenters. The lowest BCUT2D eigenvalue weighted by Crippen LogP contribution is -2.30. The van der Waals surface area contributed by atoms with Crippen molar-refractivity contribution in [2.24, 2.45) is 0 Å². The number of carbonyl (C=O) groups excluding carboxylic acids is 2. The molecular weight excluding hydrogens is 353 g/mol. The molecule has 0 spiro atoms. The van der Waals surface area contributed by atoms with Crippen molar-refractivity contribution < 1.29 is 19.1 Å². The van der Waals surface area contributed by atoms with Crippen LogP contribution < -0.4 is 10.1 Å². The maximum Gasteiger partial charge on any atom is 0.337 e. The van der Waals surface area contributed by atoms with Crippen molar-refractivity contribution in [3.8, 4) is 5.75 Å². The zero-order valence-corrected chi connectivity index (χ0v) is 14.5. The molecule has 5 nitrogen and oxygen atoms in total. The predicted molar refractivity (Wildman–Crippen MR) is 93.0 cm³/mol. The summed E-state index contributed by atoms with van der Waals surface area (Å²) in [5.41, 5.74) is 0.654. The molecule has 0 heterocycles. The minimum Gasteiger partial charge on any atom is -0.481 e. The second-order valence-electron chi connectivity index (χ2n) is 4.87. The fraction of sp³-hybridized carbons (Fsp3) is 0.176. The van der Waals surface area contributed by atoms with E-state index in [2.05, 4.69) is 10.1 Å². The summed E-state index contributed by atoms with van der Waals surface area (Å²) in [5, 5.41) is 3.29. The Hall–Kier alpha value is -2.24. The Labute approximate surface area is 149 Å². The van der Waals surface area contributed by atoms with Crippen LogP contribution in [0.4, 0.5) is 5.69 Å². The first-order chi connectivity index (χ1) is 11.4. The molecule has 0 bridgehead atoms. The molecule has 24 heavy (non-hydrogen) atoms. The van der Waals surface area contributed by atoms with Gasteiger partial charge in [0.1, 0.15) is 5.75 Å². The van der Waals surface area contributed by atoms with Crippen LogP contribution in [-0.2, 0) is 9.53 Å². The Morgan fingerprint density at radius 3 is 2.33 bits per heavy atom. The summed E-state index contributed by atoms with van der Waals surface area (Å²) in [6.45, 7) is 1.57. The van der Waals surface area contributed by atoms with Gasteiger partial charge in [0.2, 0.25) is 0 Å². The Kier molecular flexibility index (Phi) is 6.06. The molecule has 0 saturated heterocycles. The number of hydrogen-bond donors (Lipinski definition) is 1. The van der Waals surface area contributed by atoms with Gasteiger partial charge in [-0.3, -0.25) is 4.79 Å². The number of nitrogens with one attached hydrogen (secondary N) is 1. The molecular formula is C17H15Cl2NO4. The Morgan fingerprint density at radius 2 is 1.71 bits per heavy atom. The minimum absolute atomic E-state index is 0.324. The van der Waals surface area contributed by atoms with Gasteiger partial charge in [-0.1, -0.05) is 35.3 Å². The van der Waals surface area contributed by atoms with Crippen molar-refractivity contribution in [3.63, 3.8) is 0 Å². The van der Waals surface area contributed by atoms with Crippen LogP contribution in [0.1, 0.15) is 17.3 Å². The van der Waals surface area contributed by atoms with E-state index in [1.807, 2.05) is 0 Å². The molecule has 0 aliphatic carbocycles. The molecule has 0 aliphatic rings. The van der Waals surface area contributed by atoms with Gasteiger partial charge in [-0.05, 0) is 37.3 Å². The first-order valence-corrected chi connectivity index (χ1v) is 7.78. The van der Waals surface area contributed by atoms with Crippen molar-refractivity contribution in [1.29, 1.82) is 0 Å². The highest BCUT2D eigenvalue weighted by Gasteiger charge is 2.18. The summed E-state index contributed by atoms with van der Waals surface area (Å²) in [6, 6.07) is 11.3. The number of methoxy groups -OCH3 is 1. The van der Waals surface area contributed by atoms with Gasteiger partial charge < -0.3 is 14.8 Å². The standard InChI is InChI=1S/C17H15Cl2NO4/c1-10(16(21)20-15-13(18)7-4-8-14(15)19)24-12-6-3-5-11(9-12)17(22)23-2/h3-10H,1-2H3,(H,20,21)/t10-/m0/s1. The van der Waals surface area contributed by atoms with E-state index in [0.29, 0.717) is 27.0 Å². The second-order valence-corrected chi connectivity index (χ2v) is 5.68. The highest BCUT2D eigenvalue weighted by atomic mass is 35.5. The third-order valence-corrected chi connectivity index (χ3v) is 3.78. The largest absolute Gasteiger partial charge is 0.481 e. The molecule has 1 N–H and O–H groups in total. The van der Waals surface area contributed by atoms with Gasteiger partial charge in [0.15, 0.2) is 6.10 Å². The fourth-order valence-electron chi connectivity index (χ4n) is 1.91. The van der Waals surface area contributed by atoms with E-state index in [9.17, 15) is 9.59 Å². The summed E-state index contributed by atoms with van der Waals surface area (Å²) in [7, 11) is 1.29. The number of ether oxygens (including phenoxy) is 2. The lowest BCUT2D eigenvalue weighted by atomic mass is 10.2. The van der Waals surface area contributed by atoms with Crippen molar-refractivity contribution in [3.05, 3.63) is 58.1 Å². The molecule has 2 aromatic carbocycles. The van der Waals surface area contributed by atoms with Crippen LogP contribution >= 0.6 is 23.2 Å². The quantitative estimate of drug-likeness (QED) is 0.804. The molecule has 7 heteroatoms. The average Bonchev–Trinajstić information content (AvgIpc) is 2.57. The van der Waals surface area contributed by atoms with E-state index in [1.54, 1.807) is 43.3 Å². The zero-order valence-electron chi connectivity index (χ0n) is 13.0. The lowest BCUT2D eigenvalue weighted by molar-refractivity contribution is -0.122. The number of para-hydroxylation sites is 1. The molecule has 2 aromatic rings. The highest BCUT2D eigenvalue weighted by molar-refractivity contribution is 6.39. The predicted octanol–water partition coefficient (Wildman–Crippen LogP) is 4.19. The number of rotatable bonds is 5. The monoisotopic (exact) mass is 367 g/mol. The smallest absolute Gasteiger partial charge is 0.337 e. The molecule has 0 aliphatic heterocycles. The van der Waals surface area contributed by atoms with Crippen LogP contribution in [0.5, 0.6) is 5.75 Å². The molecule has 126 valence electrons. The Morgan fingerprint density at radius 1 is 1.08 bits per heavy atom. The van der Waals surface area contributed by atoms with Crippen molar-refractivity contribution >= 4 is 40.8 Å². The van der Waals surface area contributed by atoms with Crippen molar-refractivity contribution in [2.45, 2.75) is 13.0 Å². The fourth-order valence-corrected chi connectivity index (χ4v) is 2.41. The van der Waals surface area contributed by atoms with E-state index in [-0.39, 0.29) is 0 Å². The maximum atomic E-state index is 12.3. The van der Waals surface area contributed by atoms with E-state index in [4.69, 9.17) is 27.9 Å². The minimum atomic E-state index is -0.828. The molecule has 2 rings (SSSR count). The first kappa shape index (κ1) is 18.1. The number of amides is 1. The molecule has 1 amide bonds. The van der Waals surface area contributed by atoms with Gasteiger partial charge in [0.05, 0.1) is 28.4 Å². The van der Waals surface area contributed by atoms with E-state index < -0.39 is 18.0 Å². The van der Waals surface area contributed by atoms with Gasteiger partial charge in [-0.2, -0.15) is 0 Å². The van der Waals surface area contributed by atoms with Crippen LogP contribution in [0.3, 0.4) is 0 Å². The third kappa shape index (κ3) is 4.40. The summed E-state index contributed by atoms with van der Waals surface area (Å²) in [4.78, 5) is 23.8. The molecule has 0 aromatic heterocycles. The molecule has 0 fully saturated rings. The molecule has 0 unspecified atom stereocenters. The van der Waals surface area contributed by atoms with Crippen molar-refractivity contribution in [1.82, 2.24) is 0 Å².